The summed E-state index contributed by atoms with van der Waals surface area (Å²) in [6, 6.07) is 0. The van der Waals surface area contributed by atoms with Gasteiger partial charge in [-0.25, -0.2) is 0 Å². The Labute approximate surface area is 82.9 Å². The van der Waals surface area contributed by atoms with Gasteiger partial charge < -0.3 is 10.8 Å². The van der Waals surface area contributed by atoms with Gasteiger partial charge in [0.1, 0.15) is 0 Å². The van der Waals surface area contributed by atoms with Crippen molar-refractivity contribution in [2.45, 2.75) is 19.3 Å². The van der Waals surface area contributed by atoms with Crippen LogP contribution in [0.15, 0.2) is 0 Å². The highest BCUT2D eigenvalue weighted by atomic mass is 16.4. The van der Waals surface area contributed by atoms with E-state index in [-0.39, 0.29) is 12.3 Å². The van der Waals surface area contributed by atoms with Crippen LogP contribution in [-0.4, -0.2) is 41.5 Å². The molecule has 0 bridgehead atoms. The Balaban J connectivity index is 2.20. The fourth-order valence-corrected chi connectivity index (χ4v) is 1.84. The zero-order valence-electron chi connectivity index (χ0n) is 8.11. The van der Waals surface area contributed by atoms with Crippen LogP contribution >= 0.6 is 0 Å². The highest BCUT2D eigenvalue weighted by molar-refractivity contribution is 5.75. The number of carboxylic acids is 1. The van der Waals surface area contributed by atoms with Crippen LogP contribution in [0.25, 0.3) is 0 Å². The number of nitrogens with two attached hydrogens (primary N) is 1. The van der Waals surface area contributed by atoms with Gasteiger partial charge in [0, 0.05) is 13.0 Å². The molecule has 5 nitrogen and oxygen atoms in total. The predicted octanol–water partition coefficient (Wildman–Crippen LogP) is -0.342. The third-order valence-electron chi connectivity index (χ3n) is 2.52. The van der Waals surface area contributed by atoms with Crippen LogP contribution in [0.4, 0.5) is 0 Å². The minimum Gasteiger partial charge on any atom is -0.481 e. The molecule has 1 aliphatic rings. The van der Waals surface area contributed by atoms with Crippen molar-refractivity contribution in [2.75, 3.05) is 19.6 Å². The van der Waals surface area contributed by atoms with Gasteiger partial charge in [0.05, 0.1) is 6.54 Å². The van der Waals surface area contributed by atoms with E-state index in [1.54, 1.807) is 0 Å². The van der Waals surface area contributed by atoms with Crippen LogP contribution < -0.4 is 5.73 Å². The minimum atomic E-state index is -0.752. The molecule has 5 heteroatoms. The molecule has 14 heavy (non-hydrogen) atoms. The van der Waals surface area contributed by atoms with E-state index in [2.05, 4.69) is 0 Å². The number of carbonyl (C=O) groups excluding carboxylic acids is 1. The van der Waals surface area contributed by atoms with Crippen molar-refractivity contribution >= 4 is 11.9 Å². The second-order valence-electron chi connectivity index (χ2n) is 3.79. The minimum absolute atomic E-state index is 0.217. The Kier molecular flexibility index (Phi) is 3.88. The lowest BCUT2D eigenvalue weighted by Crippen LogP contribution is -2.32. The quantitative estimate of drug-likeness (QED) is 0.636. The van der Waals surface area contributed by atoms with Crippen molar-refractivity contribution in [3.8, 4) is 0 Å². The summed E-state index contributed by atoms with van der Waals surface area (Å²) < 4.78 is 0. The molecule has 0 aliphatic carbocycles. The number of primary amides is 1. The van der Waals surface area contributed by atoms with E-state index in [4.69, 9.17) is 10.8 Å². The summed E-state index contributed by atoms with van der Waals surface area (Å²) in [4.78, 5) is 22.9. The lowest BCUT2D eigenvalue weighted by molar-refractivity contribution is -0.137. The first kappa shape index (κ1) is 11.0. The molecular formula is C9H16N2O3. The van der Waals surface area contributed by atoms with E-state index in [0.29, 0.717) is 18.9 Å². The molecule has 1 amide bonds. The van der Waals surface area contributed by atoms with Crippen LogP contribution in [0.2, 0.25) is 0 Å². The first-order valence-electron chi connectivity index (χ1n) is 4.80. The number of nitrogens with zero attached hydrogens (tertiary/aromatic N) is 1. The van der Waals surface area contributed by atoms with Gasteiger partial charge in [-0.2, -0.15) is 0 Å². The van der Waals surface area contributed by atoms with Crippen LogP contribution in [0.5, 0.6) is 0 Å². The fourth-order valence-electron chi connectivity index (χ4n) is 1.84. The lowest BCUT2D eigenvalue weighted by atomic mass is 10.0. The van der Waals surface area contributed by atoms with E-state index in [9.17, 15) is 9.59 Å². The third kappa shape index (κ3) is 3.74. The summed E-state index contributed by atoms with van der Waals surface area (Å²) in [5, 5.41) is 8.50. The summed E-state index contributed by atoms with van der Waals surface area (Å²) >= 11 is 0. The summed E-state index contributed by atoms with van der Waals surface area (Å²) in [5.41, 5.74) is 5.07. The Morgan fingerprint density at radius 2 is 2.21 bits per heavy atom. The monoisotopic (exact) mass is 200 g/mol. The van der Waals surface area contributed by atoms with E-state index in [0.717, 1.165) is 19.5 Å². The first-order valence-corrected chi connectivity index (χ1v) is 4.80. The molecule has 0 aromatic carbocycles. The molecule has 0 aromatic heterocycles. The zero-order valence-corrected chi connectivity index (χ0v) is 8.11. The van der Waals surface area contributed by atoms with Crippen LogP contribution in [-0.2, 0) is 9.59 Å². The van der Waals surface area contributed by atoms with Gasteiger partial charge in [0.15, 0.2) is 0 Å². The summed E-state index contributed by atoms with van der Waals surface area (Å²) in [6.45, 7) is 1.95. The van der Waals surface area contributed by atoms with Crippen molar-refractivity contribution in [1.82, 2.24) is 4.90 Å². The molecule has 1 saturated heterocycles. The number of rotatable bonds is 5. The second kappa shape index (κ2) is 4.95. The van der Waals surface area contributed by atoms with E-state index < -0.39 is 5.97 Å². The van der Waals surface area contributed by atoms with Crippen molar-refractivity contribution in [2.24, 2.45) is 11.7 Å². The fraction of sp³-hybridized carbons (Fsp3) is 0.778. The van der Waals surface area contributed by atoms with Gasteiger partial charge in [-0.3, -0.25) is 14.5 Å². The summed E-state index contributed by atoms with van der Waals surface area (Å²) in [6.07, 6.45) is 1.89. The SMILES string of the molecule is NC(=O)CN1CCC(CCC(=O)O)C1. The zero-order chi connectivity index (χ0) is 10.6. The number of hydrogen-bond donors (Lipinski definition) is 2. The van der Waals surface area contributed by atoms with Crippen molar-refractivity contribution in [3.05, 3.63) is 0 Å². The van der Waals surface area contributed by atoms with Gasteiger partial charge in [-0.15, -0.1) is 0 Å². The number of aliphatic carboxylic acids is 1. The van der Waals surface area contributed by atoms with Gasteiger partial charge >= 0.3 is 5.97 Å². The molecule has 1 rings (SSSR count). The second-order valence-corrected chi connectivity index (χ2v) is 3.79. The molecule has 1 unspecified atom stereocenters. The Morgan fingerprint density at radius 3 is 2.79 bits per heavy atom. The van der Waals surface area contributed by atoms with E-state index >= 15 is 0 Å². The molecule has 0 saturated carbocycles. The predicted molar refractivity (Wildman–Crippen MR) is 50.6 cm³/mol. The van der Waals surface area contributed by atoms with Crippen molar-refractivity contribution < 1.29 is 14.7 Å². The lowest BCUT2D eigenvalue weighted by Gasteiger charge is -2.12. The maximum absolute atomic E-state index is 10.6. The van der Waals surface area contributed by atoms with Crippen molar-refractivity contribution in [3.63, 3.8) is 0 Å². The number of likely N-dealkylation sites (tertiary alicyclic amines) is 1. The van der Waals surface area contributed by atoms with Crippen LogP contribution in [0.1, 0.15) is 19.3 Å². The van der Waals surface area contributed by atoms with Gasteiger partial charge in [-0.05, 0) is 25.3 Å². The normalized spacial score (nSPS) is 22.4. The van der Waals surface area contributed by atoms with E-state index in [1.165, 1.54) is 0 Å². The van der Waals surface area contributed by atoms with Gasteiger partial charge in [0.25, 0.3) is 0 Å². The average molecular weight is 200 g/mol. The average Bonchev–Trinajstić information content (AvgIpc) is 2.47. The Bertz CT molecular complexity index is 230. The van der Waals surface area contributed by atoms with Crippen molar-refractivity contribution in [1.29, 1.82) is 0 Å². The smallest absolute Gasteiger partial charge is 0.303 e. The molecule has 1 atom stereocenters. The third-order valence-corrected chi connectivity index (χ3v) is 2.52. The Morgan fingerprint density at radius 1 is 1.50 bits per heavy atom. The standard InChI is InChI=1S/C9H16N2O3/c10-8(12)6-11-4-3-7(5-11)1-2-9(13)14/h7H,1-6H2,(H2,10,12)(H,13,14). The number of carbonyl (C=O) groups is 2. The maximum atomic E-state index is 10.6. The van der Waals surface area contributed by atoms with Gasteiger partial charge in [0.2, 0.25) is 5.91 Å². The topological polar surface area (TPSA) is 83.6 Å². The molecule has 1 fully saturated rings. The molecular weight excluding hydrogens is 184 g/mol. The van der Waals surface area contributed by atoms with E-state index in [1.807, 2.05) is 4.90 Å². The van der Waals surface area contributed by atoms with Gasteiger partial charge in [-0.1, -0.05) is 0 Å². The highest BCUT2D eigenvalue weighted by Gasteiger charge is 2.23. The molecule has 3 N–H and O–H groups in total. The highest BCUT2D eigenvalue weighted by Crippen LogP contribution is 2.20. The number of amides is 1. The first-order chi connectivity index (χ1) is 6.58. The number of hydrogen-bond acceptors (Lipinski definition) is 3. The summed E-state index contributed by atoms with van der Waals surface area (Å²) in [7, 11) is 0. The maximum Gasteiger partial charge on any atom is 0.303 e. The number of carboxylic acid groups (broad SMARTS) is 1. The molecule has 0 radical (unpaired) electrons. The molecule has 1 heterocycles. The largest absolute Gasteiger partial charge is 0.481 e. The molecule has 0 aromatic rings. The van der Waals surface area contributed by atoms with Crippen LogP contribution in [0.3, 0.4) is 0 Å². The molecule has 1 aliphatic heterocycles. The Hall–Kier alpha value is -1.10. The van der Waals surface area contributed by atoms with Crippen LogP contribution in [0, 0.1) is 5.92 Å². The summed E-state index contributed by atoms with van der Waals surface area (Å²) in [5.74, 6) is -0.660. The molecule has 80 valence electrons. The molecule has 0 spiro atoms.